The number of hydrogen-bond acceptors (Lipinski definition) is 3. The molecule has 1 aliphatic carbocycles. The van der Waals surface area contributed by atoms with Gasteiger partial charge in [0.05, 0.1) is 18.2 Å². The van der Waals surface area contributed by atoms with Crippen LogP contribution in [0.15, 0.2) is 18.2 Å². The smallest absolute Gasteiger partial charge is 0.255 e. The van der Waals surface area contributed by atoms with Crippen molar-refractivity contribution in [2.75, 3.05) is 13.2 Å². The fourth-order valence-corrected chi connectivity index (χ4v) is 2.14. The number of fused-ring (bicyclic) bond motifs is 1. The molecule has 1 aliphatic heterocycles. The van der Waals surface area contributed by atoms with Crippen LogP contribution in [0.4, 0.5) is 0 Å². The van der Waals surface area contributed by atoms with Gasteiger partial charge in [-0.15, -0.1) is 0 Å². The molecule has 1 atom stereocenters. The number of carbonyl (C=O) groups excluding carboxylic acids is 1. The molecule has 2 aliphatic rings. The number of nitrogens with one attached hydrogen (secondary N) is 1. The van der Waals surface area contributed by atoms with Crippen molar-refractivity contribution in [3.8, 4) is 5.75 Å². The molecular formula is C13H15NO3. The molecule has 1 heterocycles. The molecule has 1 aromatic rings. The highest BCUT2D eigenvalue weighted by molar-refractivity contribution is 5.97. The summed E-state index contributed by atoms with van der Waals surface area (Å²) in [4.78, 5) is 11.8. The molecule has 4 heteroatoms. The van der Waals surface area contributed by atoms with E-state index < -0.39 is 6.10 Å². The van der Waals surface area contributed by atoms with Gasteiger partial charge in [0, 0.05) is 0 Å². The van der Waals surface area contributed by atoms with E-state index in [-0.39, 0.29) is 5.91 Å². The fraction of sp³-hybridized carbons (Fsp3) is 0.462. The summed E-state index contributed by atoms with van der Waals surface area (Å²) in [5, 5.41) is 12.8. The zero-order valence-electron chi connectivity index (χ0n) is 9.48. The Balaban J connectivity index is 1.95. The Bertz CT molecular complexity index is 454. The average Bonchev–Trinajstić information content (AvgIpc) is 3.17. The fourth-order valence-electron chi connectivity index (χ4n) is 2.14. The summed E-state index contributed by atoms with van der Waals surface area (Å²) in [6, 6.07) is 5.38. The van der Waals surface area contributed by atoms with Gasteiger partial charge < -0.3 is 15.2 Å². The molecule has 0 bridgehead atoms. The standard InChI is InChI=1S/C13H15NO3/c15-12(8-1-2-8)9-3-4-11-10(7-9)13(16)14-5-6-17-11/h3-4,7-8,12,15H,1-2,5-6H2,(H,14,16). The van der Waals surface area contributed by atoms with Gasteiger partial charge in [0.1, 0.15) is 12.4 Å². The SMILES string of the molecule is O=C1NCCOc2ccc(C(O)C3CC3)cc21. The van der Waals surface area contributed by atoms with Crippen molar-refractivity contribution < 1.29 is 14.6 Å². The summed E-state index contributed by atoms with van der Waals surface area (Å²) in [7, 11) is 0. The molecule has 1 fully saturated rings. The Morgan fingerprint density at radius 2 is 2.24 bits per heavy atom. The molecule has 1 amide bonds. The van der Waals surface area contributed by atoms with E-state index in [0.29, 0.717) is 30.4 Å². The monoisotopic (exact) mass is 233 g/mol. The molecule has 0 saturated heterocycles. The van der Waals surface area contributed by atoms with Gasteiger partial charge >= 0.3 is 0 Å². The van der Waals surface area contributed by atoms with Gasteiger partial charge in [0.25, 0.3) is 5.91 Å². The first-order valence-corrected chi connectivity index (χ1v) is 5.99. The van der Waals surface area contributed by atoms with Gasteiger partial charge in [0.2, 0.25) is 0 Å². The van der Waals surface area contributed by atoms with Gasteiger partial charge in [-0.2, -0.15) is 0 Å². The summed E-state index contributed by atoms with van der Waals surface area (Å²) >= 11 is 0. The van der Waals surface area contributed by atoms with Crippen LogP contribution in [0.25, 0.3) is 0 Å². The molecule has 1 aromatic carbocycles. The first-order chi connectivity index (χ1) is 8.25. The van der Waals surface area contributed by atoms with Crippen LogP contribution in [0.3, 0.4) is 0 Å². The Labute approximate surface area is 99.6 Å². The first-order valence-electron chi connectivity index (χ1n) is 5.99. The van der Waals surface area contributed by atoms with Crippen LogP contribution in [0.5, 0.6) is 5.75 Å². The Hall–Kier alpha value is -1.55. The zero-order valence-corrected chi connectivity index (χ0v) is 9.48. The van der Waals surface area contributed by atoms with Crippen molar-refractivity contribution in [3.05, 3.63) is 29.3 Å². The summed E-state index contributed by atoms with van der Waals surface area (Å²) in [6.07, 6.45) is 1.69. The van der Waals surface area contributed by atoms with Crippen LogP contribution < -0.4 is 10.1 Å². The topological polar surface area (TPSA) is 58.6 Å². The third-order valence-electron chi connectivity index (χ3n) is 3.30. The van der Waals surface area contributed by atoms with E-state index in [9.17, 15) is 9.90 Å². The molecular weight excluding hydrogens is 218 g/mol. The average molecular weight is 233 g/mol. The van der Waals surface area contributed by atoms with Crippen LogP contribution in [0, 0.1) is 5.92 Å². The van der Waals surface area contributed by atoms with Crippen molar-refractivity contribution in [2.45, 2.75) is 18.9 Å². The van der Waals surface area contributed by atoms with E-state index in [4.69, 9.17) is 4.74 Å². The Morgan fingerprint density at radius 1 is 1.41 bits per heavy atom. The summed E-state index contributed by atoms with van der Waals surface area (Å²) in [5.41, 5.74) is 1.34. The molecule has 4 nitrogen and oxygen atoms in total. The lowest BCUT2D eigenvalue weighted by atomic mass is 10.0. The van der Waals surface area contributed by atoms with E-state index in [2.05, 4.69) is 5.32 Å². The normalized spacial score (nSPS) is 20.9. The minimum absolute atomic E-state index is 0.123. The van der Waals surface area contributed by atoms with Crippen molar-refractivity contribution in [2.24, 2.45) is 5.92 Å². The number of aliphatic hydroxyl groups excluding tert-OH is 1. The third-order valence-corrected chi connectivity index (χ3v) is 3.30. The van der Waals surface area contributed by atoms with Crippen molar-refractivity contribution in [1.82, 2.24) is 5.32 Å². The van der Waals surface area contributed by atoms with Crippen LogP contribution in [-0.2, 0) is 0 Å². The Morgan fingerprint density at radius 3 is 3.00 bits per heavy atom. The number of amides is 1. The minimum atomic E-state index is -0.448. The number of hydrogen-bond donors (Lipinski definition) is 2. The summed E-state index contributed by atoms with van der Waals surface area (Å²) < 4.78 is 5.46. The molecule has 3 rings (SSSR count). The number of carbonyl (C=O) groups is 1. The molecule has 1 saturated carbocycles. The van der Waals surface area contributed by atoms with Crippen LogP contribution >= 0.6 is 0 Å². The van der Waals surface area contributed by atoms with E-state index in [1.54, 1.807) is 12.1 Å². The highest BCUT2D eigenvalue weighted by atomic mass is 16.5. The lowest BCUT2D eigenvalue weighted by Crippen LogP contribution is -2.24. The second-order valence-electron chi connectivity index (χ2n) is 4.64. The third kappa shape index (κ3) is 2.00. The molecule has 90 valence electrons. The van der Waals surface area contributed by atoms with Gasteiger partial charge in [-0.25, -0.2) is 0 Å². The maximum atomic E-state index is 11.8. The number of ether oxygens (including phenoxy) is 1. The maximum Gasteiger partial charge on any atom is 0.255 e. The Kier molecular flexibility index (Phi) is 2.52. The molecule has 0 spiro atoms. The van der Waals surface area contributed by atoms with E-state index in [0.717, 1.165) is 18.4 Å². The van der Waals surface area contributed by atoms with Crippen molar-refractivity contribution >= 4 is 5.91 Å². The van der Waals surface area contributed by atoms with E-state index in [1.165, 1.54) is 0 Å². The predicted octanol–water partition coefficient (Wildman–Crippen LogP) is 1.25. The van der Waals surface area contributed by atoms with Crippen LogP contribution in [0.2, 0.25) is 0 Å². The molecule has 17 heavy (non-hydrogen) atoms. The predicted molar refractivity (Wildman–Crippen MR) is 62.0 cm³/mol. The highest BCUT2D eigenvalue weighted by Crippen LogP contribution is 2.41. The molecule has 2 N–H and O–H groups in total. The largest absolute Gasteiger partial charge is 0.491 e. The van der Waals surface area contributed by atoms with Crippen molar-refractivity contribution in [1.29, 1.82) is 0 Å². The molecule has 1 unspecified atom stereocenters. The first kappa shape index (κ1) is 10.6. The zero-order chi connectivity index (χ0) is 11.8. The molecule has 0 radical (unpaired) electrons. The van der Waals surface area contributed by atoms with Gasteiger partial charge in [-0.1, -0.05) is 6.07 Å². The van der Waals surface area contributed by atoms with Crippen LogP contribution in [-0.4, -0.2) is 24.2 Å². The van der Waals surface area contributed by atoms with E-state index >= 15 is 0 Å². The number of rotatable bonds is 2. The summed E-state index contributed by atoms with van der Waals surface area (Å²) in [6.45, 7) is 1.01. The van der Waals surface area contributed by atoms with Gasteiger partial charge in [-0.05, 0) is 36.5 Å². The van der Waals surface area contributed by atoms with Gasteiger partial charge in [-0.3, -0.25) is 4.79 Å². The number of aliphatic hydroxyl groups is 1. The quantitative estimate of drug-likeness (QED) is 0.808. The number of benzene rings is 1. The maximum absolute atomic E-state index is 11.8. The van der Waals surface area contributed by atoms with Gasteiger partial charge in [0.15, 0.2) is 0 Å². The second-order valence-corrected chi connectivity index (χ2v) is 4.64. The molecule has 0 aromatic heterocycles. The highest BCUT2D eigenvalue weighted by Gasteiger charge is 2.31. The summed E-state index contributed by atoms with van der Waals surface area (Å²) in [5.74, 6) is 0.844. The lowest BCUT2D eigenvalue weighted by molar-refractivity contribution is 0.0956. The lowest BCUT2D eigenvalue weighted by Gasteiger charge is -2.12. The van der Waals surface area contributed by atoms with Crippen LogP contribution in [0.1, 0.15) is 34.9 Å². The minimum Gasteiger partial charge on any atom is -0.491 e. The second kappa shape index (κ2) is 4.04. The van der Waals surface area contributed by atoms with Crippen molar-refractivity contribution in [3.63, 3.8) is 0 Å². The van der Waals surface area contributed by atoms with E-state index in [1.807, 2.05) is 6.07 Å².